The first-order valence-corrected chi connectivity index (χ1v) is 10.4. The van der Waals surface area contributed by atoms with E-state index in [2.05, 4.69) is 5.32 Å². The third kappa shape index (κ3) is 4.33. The van der Waals surface area contributed by atoms with Gasteiger partial charge in [-0.25, -0.2) is 0 Å². The minimum Gasteiger partial charge on any atom is -0.455 e. The lowest BCUT2D eigenvalue weighted by Gasteiger charge is -2.41. The molecule has 2 heterocycles. The number of amides is 2. The van der Waals surface area contributed by atoms with Gasteiger partial charge in [-0.3, -0.25) is 19.3 Å². The lowest BCUT2D eigenvalue weighted by molar-refractivity contribution is -0.145. The van der Waals surface area contributed by atoms with Crippen molar-refractivity contribution in [3.8, 4) is 0 Å². The quantitative estimate of drug-likeness (QED) is 0.748. The third-order valence-electron chi connectivity index (χ3n) is 4.16. The molecule has 0 saturated heterocycles. The predicted molar refractivity (Wildman–Crippen MR) is 108 cm³/mol. The van der Waals surface area contributed by atoms with Gasteiger partial charge in [0, 0.05) is 10.6 Å². The molecule has 0 radical (unpaired) electrons. The summed E-state index contributed by atoms with van der Waals surface area (Å²) in [5.74, 6) is -0.261. The highest BCUT2D eigenvalue weighted by Crippen LogP contribution is 2.36. The molecule has 2 amide bonds. The van der Waals surface area contributed by atoms with Crippen molar-refractivity contribution in [3.05, 3.63) is 46.7 Å². The number of anilines is 2. The first kappa shape index (κ1) is 19.4. The summed E-state index contributed by atoms with van der Waals surface area (Å²) in [6.45, 7) is 2.92. The minimum atomic E-state index is -1.08. The lowest BCUT2D eigenvalue weighted by Crippen LogP contribution is -2.59. The largest absolute Gasteiger partial charge is 0.455 e. The van der Waals surface area contributed by atoms with Crippen molar-refractivity contribution < 1.29 is 19.1 Å². The Hall–Kier alpha value is -2.32. The molecule has 0 spiro atoms. The Morgan fingerprint density at radius 2 is 2.00 bits per heavy atom. The van der Waals surface area contributed by atoms with Crippen molar-refractivity contribution in [1.82, 2.24) is 0 Å². The van der Waals surface area contributed by atoms with Crippen LogP contribution in [0.25, 0.3) is 0 Å². The number of benzene rings is 1. The van der Waals surface area contributed by atoms with Crippen LogP contribution in [0.3, 0.4) is 0 Å². The fourth-order valence-corrected chi connectivity index (χ4v) is 4.44. The van der Waals surface area contributed by atoms with Crippen LogP contribution >= 0.6 is 23.1 Å². The highest BCUT2D eigenvalue weighted by Gasteiger charge is 2.43. The zero-order valence-corrected chi connectivity index (χ0v) is 16.7. The van der Waals surface area contributed by atoms with Crippen LogP contribution in [0.4, 0.5) is 11.4 Å². The van der Waals surface area contributed by atoms with Gasteiger partial charge < -0.3 is 10.1 Å². The predicted octanol–water partition coefficient (Wildman–Crippen LogP) is 3.29. The second-order valence-corrected chi connectivity index (χ2v) is 8.51. The SMILES string of the molecule is CC1(C)C(=O)Nc2ccccc2N1C(=O)COC(=O)CSCc1cccs1. The number of thioether (sulfide) groups is 1. The number of nitrogens with one attached hydrogen (secondary N) is 1. The summed E-state index contributed by atoms with van der Waals surface area (Å²) in [4.78, 5) is 39.6. The van der Waals surface area contributed by atoms with Gasteiger partial charge in [0.25, 0.3) is 5.91 Å². The van der Waals surface area contributed by atoms with Crippen molar-refractivity contribution in [2.75, 3.05) is 22.6 Å². The summed E-state index contributed by atoms with van der Waals surface area (Å²) in [5, 5.41) is 4.79. The van der Waals surface area contributed by atoms with E-state index >= 15 is 0 Å². The summed E-state index contributed by atoms with van der Waals surface area (Å²) >= 11 is 3.08. The topological polar surface area (TPSA) is 75.7 Å². The van der Waals surface area contributed by atoms with Crippen LogP contribution in [-0.2, 0) is 24.9 Å². The van der Waals surface area contributed by atoms with E-state index in [9.17, 15) is 14.4 Å². The number of carbonyl (C=O) groups is 3. The molecule has 8 heteroatoms. The van der Waals surface area contributed by atoms with Gasteiger partial charge in [0.15, 0.2) is 6.61 Å². The zero-order chi connectivity index (χ0) is 19.4. The first-order chi connectivity index (χ1) is 12.9. The molecule has 1 aromatic carbocycles. The normalized spacial score (nSPS) is 15.0. The van der Waals surface area contributed by atoms with E-state index in [0.29, 0.717) is 11.4 Å². The molecule has 6 nitrogen and oxygen atoms in total. The molecular formula is C19H20N2O4S2. The smallest absolute Gasteiger partial charge is 0.316 e. The van der Waals surface area contributed by atoms with Gasteiger partial charge in [0.2, 0.25) is 5.91 Å². The summed E-state index contributed by atoms with van der Waals surface area (Å²) in [6, 6.07) is 11.0. The van der Waals surface area contributed by atoms with E-state index in [1.807, 2.05) is 17.5 Å². The summed E-state index contributed by atoms with van der Waals surface area (Å²) in [7, 11) is 0. The van der Waals surface area contributed by atoms with Gasteiger partial charge in [0.05, 0.1) is 17.1 Å². The number of carbonyl (C=O) groups excluding carboxylic acids is 3. The molecule has 1 aliphatic rings. The number of hydrogen-bond donors (Lipinski definition) is 1. The molecule has 0 bridgehead atoms. The molecule has 0 saturated carbocycles. The molecule has 1 N–H and O–H groups in total. The third-order valence-corrected chi connectivity index (χ3v) is 6.17. The number of rotatable bonds is 6. The van der Waals surface area contributed by atoms with Crippen molar-refractivity contribution in [1.29, 1.82) is 0 Å². The number of esters is 1. The molecule has 1 aromatic heterocycles. The maximum absolute atomic E-state index is 12.8. The molecule has 1 aliphatic heterocycles. The molecule has 27 heavy (non-hydrogen) atoms. The highest BCUT2D eigenvalue weighted by atomic mass is 32.2. The molecule has 3 rings (SSSR count). The molecule has 0 aliphatic carbocycles. The standard InChI is InChI=1S/C19H20N2O4S2/c1-19(2)18(24)20-14-7-3-4-8-15(14)21(19)16(22)10-25-17(23)12-26-11-13-6-5-9-27-13/h3-9H,10-12H2,1-2H3,(H,20,24). The van der Waals surface area contributed by atoms with Gasteiger partial charge in [-0.1, -0.05) is 18.2 Å². The molecule has 0 fully saturated rings. The fourth-order valence-electron chi connectivity index (χ4n) is 2.78. The molecule has 142 valence electrons. The summed E-state index contributed by atoms with van der Waals surface area (Å²) in [5.41, 5.74) is 0.0781. The van der Waals surface area contributed by atoms with Gasteiger partial charge in [0.1, 0.15) is 5.54 Å². The van der Waals surface area contributed by atoms with E-state index < -0.39 is 24.0 Å². The first-order valence-electron chi connectivity index (χ1n) is 8.39. The number of fused-ring (bicyclic) bond motifs is 1. The number of nitrogens with zero attached hydrogens (tertiary/aromatic N) is 1. The van der Waals surface area contributed by atoms with E-state index in [1.165, 1.54) is 21.5 Å². The van der Waals surface area contributed by atoms with Gasteiger partial charge >= 0.3 is 5.97 Å². The van der Waals surface area contributed by atoms with E-state index in [-0.39, 0.29) is 11.7 Å². The van der Waals surface area contributed by atoms with Gasteiger partial charge in [-0.05, 0) is 37.4 Å². The van der Waals surface area contributed by atoms with Crippen LogP contribution in [0.1, 0.15) is 18.7 Å². The zero-order valence-electron chi connectivity index (χ0n) is 15.1. The number of hydrogen-bond acceptors (Lipinski definition) is 6. The van der Waals surface area contributed by atoms with Crippen LogP contribution in [0, 0.1) is 0 Å². The molecule has 0 atom stereocenters. The Balaban J connectivity index is 1.59. The maximum Gasteiger partial charge on any atom is 0.316 e. The monoisotopic (exact) mass is 404 g/mol. The number of ether oxygens (including phenoxy) is 1. The van der Waals surface area contributed by atoms with Crippen molar-refractivity contribution in [2.45, 2.75) is 25.1 Å². The average molecular weight is 405 g/mol. The Labute approximate surface area is 165 Å². The van der Waals surface area contributed by atoms with Crippen molar-refractivity contribution in [2.24, 2.45) is 0 Å². The number of para-hydroxylation sites is 2. The van der Waals surface area contributed by atoms with Crippen LogP contribution in [-0.4, -0.2) is 35.7 Å². The van der Waals surface area contributed by atoms with Gasteiger partial charge in [-0.2, -0.15) is 0 Å². The van der Waals surface area contributed by atoms with Crippen LogP contribution in [0.5, 0.6) is 0 Å². The van der Waals surface area contributed by atoms with Crippen LogP contribution in [0.15, 0.2) is 41.8 Å². The van der Waals surface area contributed by atoms with Crippen molar-refractivity contribution >= 4 is 52.3 Å². The fraction of sp³-hybridized carbons (Fsp3) is 0.316. The Morgan fingerprint density at radius 3 is 2.74 bits per heavy atom. The number of thiophene rings is 1. The minimum absolute atomic E-state index is 0.172. The summed E-state index contributed by atoms with van der Waals surface area (Å²) in [6.07, 6.45) is 0. The van der Waals surface area contributed by atoms with E-state index in [0.717, 1.165) is 5.75 Å². The van der Waals surface area contributed by atoms with Crippen LogP contribution < -0.4 is 10.2 Å². The molecular weight excluding hydrogens is 384 g/mol. The molecule has 2 aromatic rings. The van der Waals surface area contributed by atoms with Crippen molar-refractivity contribution in [3.63, 3.8) is 0 Å². The highest BCUT2D eigenvalue weighted by molar-refractivity contribution is 7.99. The Morgan fingerprint density at radius 1 is 1.22 bits per heavy atom. The van der Waals surface area contributed by atoms with E-state index in [1.54, 1.807) is 49.4 Å². The van der Waals surface area contributed by atoms with Crippen LogP contribution in [0.2, 0.25) is 0 Å². The van der Waals surface area contributed by atoms with Gasteiger partial charge in [-0.15, -0.1) is 23.1 Å². The molecule has 0 unspecified atom stereocenters. The lowest BCUT2D eigenvalue weighted by atomic mass is 9.96. The second kappa shape index (κ2) is 8.14. The Bertz CT molecular complexity index is 849. The average Bonchev–Trinajstić information content (AvgIpc) is 3.14. The maximum atomic E-state index is 12.8. The van der Waals surface area contributed by atoms with E-state index in [4.69, 9.17) is 4.74 Å². The Kier molecular flexibility index (Phi) is 5.86. The second-order valence-electron chi connectivity index (χ2n) is 6.49. The summed E-state index contributed by atoms with van der Waals surface area (Å²) < 4.78 is 5.14.